The number of anilines is 1. The molecule has 0 aliphatic carbocycles. The summed E-state index contributed by atoms with van der Waals surface area (Å²) in [7, 11) is 0. The van der Waals surface area contributed by atoms with Gasteiger partial charge in [-0.25, -0.2) is 4.68 Å². The second-order valence-corrected chi connectivity index (χ2v) is 8.80. The fourth-order valence-electron chi connectivity index (χ4n) is 4.04. The number of amides is 2. The smallest absolute Gasteiger partial charge is 0.315 e. The minimum atomic E-state index is -0.574. The highest BCUT2D eigenvalue weighted by molar-refractivity contribution is 7.98. The molecular formula is C21H28N5O2S+. The third kappa shape index (κ3) is 3.91. The zero-order valence-corrected chi connectivity index (χ0v) is 18.1. The van der Waals surface area contributed by atoms with Crippen LogP contribution in [0.4, 0.5) is 5.82 Å². The predicted molar refractivity (Wildman–Crippen MR) is 114 cm³/mol. The van der Waals surface area contributed by atoms with Crippen LogP contribution in [0.2, 0.25) is 0 Å². The van der Waals surface area contributed by atoms with Crippen molar-refractivity contribution < 1.29 is 14.5 Å². The first kappa shape index (κ1) is 20.0. The number of nitrogens with zero attached hydrogens (tertiary/aromatic N) is 3. The van der Waals surface area contributed by atoms with Crippen LogP contribution in [0.1, 0.15) is 29.3 Å². The van der Waals surface area contributed by atoms with Gasteiger partial charge in [0.2, 0.25) is 0 Å². The molecule has 1 saturated heterocycles. The molecule has 0 spiro atoms. The van der Waals surface area contributed by atoms with Gasteiger partial charge in [0.15, 0.2) is 0 Å². The Bertz CT molecular complexity index is 947. The van der Waals surface area contributed by atoms with E-state index >= 15 is 0 Å². The van der Waals surface area contributed by atoms with E-state index in [4.69, 9.17) is 5.10 Å². The fraction of sp³-hybridized carbons (Fsp3) is 0.476. The molecule has 7 nitrogen and oxygen atoms in total. The van der Waals surface area contributed by atoms with Crippen LogP contribution in [-0.2, 0) is 21.1 Å². The van der Waals surface area contributed by atoms with Gasteiger partial charge in [-0.15, -0.1) is 0 Å². The van der Waals surface area contributed by atoms with E-state index in [0.29, 0.717) is 18.9 Å². The average molecular weight is 415 g/mol. The SMILES string of the molecule is CC[NH+]1CCN(C(=O)C(=O)Nc2c3c(nn2-c2ccc(C)cc2C)CSC3)CC1. The molecule has 2 aliphatic rings. The van der Waals surface area contributed by atoms with Crippen LogP contribution in [0.3, 0.4) is 0 Å². The number of piperazine rings is 1. The van der Waals surface area contributed by atoms with Crippen molar-refractivity contribution >= 4 is 29.4 Å². The summed E-state index contributed by atoms with van der Waals surface area (Å²) in [5.74, 6) is 1.23. The summed E-state index contributed by atoms with van der Waals surface area (Å²) in [5.41, 5.74) is 5.20. The van der Waals surface area contributed by atoms with E-state index in [1.807, 2.05) is 19.1 Å². The van der Waals surface area contributed by atoms with Crippen molar-refractivity contribution in [2.75, 3.05) is 38.0 Å². The van der Waals surface area contributed by atoms with Crippen molar-refractivity contribution in [3.8, 4) is 5.69 Å². The molecule has 2 aliphatic heterocycles. The Kier molecular flexibility index (Phi) is 5.65. The number of carbonyl (C=O) groups is 2. The number of thioether (sulfide) groups is 1. The van der Waals surface area contributed by atoms with E-state index in [2.05, 4.69) is 25.2 Å². The number of carbonyl (C=O) groups excluding carboxylic acids is 2. The summed E-state index contributed by atoms with van der Waals surface area (Å²) in [4.78, 5) is 28.7. The zero-order valence-electron chi connectivity index (χ0n) is 17.2. The van der Waals surface area contributed by atoms with Crippen molar-refractivity contribution in [2.45, 2.75) is 32.3 Å². The van der Waals surface area contributed by atoms with Crippen molar-refractivity contribution in [1.82, 2.24) is 14.7 Å². The number of likely N-dealkylation sites (N-methyl/N-ethyl adjacent to an activating group) is 1. The first-order valence-corrected chi connectivity index (χ1v) is 11.3. The first-order chi connectivity index (χ1) is 14.0. The van der Waals surface area contributed by atoms with Crippen LogP contribution in [0, 0.1) is 13.8 Å². The van der Waals surface area contributed by atoms with Gasteiger partial charge in [0, 0.05) is 17.1 Å². The Morgan fingerprint density at radius 2 is 1.97 bits per heavy atom. The lowest BCUT2D eigenvalue weighted by atomic mass is 10.1. The highest BCUT2D eigenvalue weighted by Crippen LogP contribution is 2.36. The van der Waals surface area contributed by atoms with E-state index < -0.39 is 11.8 Å². The van der Waals surface area contributed by atoms with Gasteiger partial charge in [0.05, 0.1) is 44.1 Å². The topological polar surface area (TPSA) is 71.7 Å². The minimum Gasteiger partial charge on any atom is -0.332 e. The number of hydrogen-bond donors (Lipinski definition) is 2. The lowest BCUT2D eigenvalue weighted by molar-refractivity contribution is -0.902. The number of nitrogens with one attached hydrogen (secondary N) is 2. The number of aryl methyl sites for hydroxylation is 2. The van der Waals surface area contributed by atoms with Crippen LogP contribution in [-0.4, -0.2) is 59.2 Å². The molecule has 29 heavy (non-hydrogen) atoms. The highest BCUT2D eigenvalue weighted by atomic mass is 32.2. The maximum Gasteiger partial charge on any atom is 0.315 e. The number of aromatic nitrogens is 2. The second-order valence-electron chi connectivity index (χ2n) is 7.82. The summed E-state index contributed by atoms with van der Waals surface area (Å²) >= 11 is 1.78. The highest BCUT2D eigenvalue weighted by Gasteiger charge is 2.30. The third-order valence-corrected chi connectivity index (χ3v) is 6.79. The summed E-state index contributed by atoms with van der Waals surface area (Å²) < 4.78 is 1.80. The Morgan fingerprint density at radius 3 is 2.66 bits per heavy atom. The molecule has 2 amide bonds. The van der Waals surface area contributed by atoms with Crippen molar-refractivity contribution in [2.24, 2.45) is 0 Å². The van der Waals surface area contributed by atoms with Gasteiger partial charge in [-0.3, -0.25) is 9.59 Å². The minimum absolute atomic E-state index is 0.451. The van der Waals surface area contributed by atoms with E-state index in [1.54, 1.807) is 21.3 Å². The molecular weight excluding hydrogens is 386 g/mol. The van der Waals surface area contributed by atoms with Crippen molar-refractivity contribution in [3.63, 3.8) is 0 Å². The Balaban J connectivity index is 1.58. The van der Waals surface area contributed by atoms with Crippen LogP contribution >= 0.6 is 11.8 Å². The maximum absolute atomic E-state index is 12.8. The van der Waals surface area contributed by atoms with Gasteiger partial charge >= 0.3 is 11.8 Å². The normalized spacial score (nSPS) is 16.7. The van der Waals surface area contributed by atoms with Gasteiger partial charge in [0.1, 0.15) is 5.82 Å². The van der Waals surface area contributed by atoms with Gasteiger partial charge in [-0.05, 0) is 32.4 Å². The van der Waals surface area contributed by atoms with Crippen LogP contribution in [0.15, 0.2) is 18.2 Å². The third-order valence-electron chi connectivity index (χ3n) is 5.82. The van der Waals surface area contributed by atoms with Crippen LogP contribution in [0.5, 0.6) is 0 Å². The monoisotopic (exact) mass is 414 g/mol. The zero-order chi connectivity index (χ0) is 20.5. The molecule has 1 fully saturated rings. The molecule has 1 aromatic carbocycles. The largest absolute Gasteiger partial charge is 0.332 e. The van der Waals surface area contributed by atoms with Gasteiger partial charge < -0.3 is 15.1 Å². The summed E-state index contributed by atoms with van der Waals surface area (Å²) in [6.45, 7) is 10.3. The van der Waals surface area contributed by atoms with Crippen LogP contribution in [0.25, 0.3) is 5.69 Å². The van der Waals surface area contributed by atoms with Gasteiger partial charge in [-0.2, -0.15) is 16.9 Å². The molecule has 2 aromatic rings. The van der Waals surface area contributed by atoms with Gasteiger partial charge in [0.25, 0.3) is 0 Å². The maximum atomic E-state index is 12.8. The van der Waals surface area contributed by atoms with Gasteiger partial charge in [-0.1, -0.05) is 17.7 Å². The van der Waals surface area contributed by atoms with Crippen LogP contribution < -0.4 is 10.2 Å². The molecule has 2 N–H and O–H groups in total. The Labute approximate surface area is 175 Å². The average Bonchev–Trinajstić information content (AvgIpc) is 3.30. The molecule has 4 rings (SSSR count). The number of fused-ring (bicyclic) bond motifs is 1. The Morgan fingerprint density at radius 1 is 1.21 bits per heavy atom. The molecule has 154 valence electrons. The Hall–Kier alpha value is -2.32. The quantitative estimate of drug-likeness (QED) is 0.733. The molecule has 0 radical (unpaired) electrons. The predicted octanol–water partition coefficient (Wildman–Crippen LogP) is 0.921. The van der Waals surface area contributed by atoms with E-state index in [9.17, 15) is 9.59 Å². The van der Waals surface area contributed by atoms with Crippen molar-refractivity contribution in [1.29, 1.82) is 0 Å². The van der Waals surface area contributed by atoms with Crippen molar-refractivity contribution in [3.05, 3.63) is 40.6 Å². The number of quaternary nitrogens is 1. The molecule has 0 saturated carbocycles. The molecule has 0 unspecified atom stereocenters. The van der Waals surface area contributed by atoms with E-state index in [-0.39, 0.29) is 0 Å². The summed E-state index contributed by atoms with van der Waals surface area (Å²) in [6, 6.07) is 6.16. The number of rotatable bonds is 3. The lowest BCUT2D eigenvalue weighted by Crippen LogP contribution is -3.14. The fourth-order valence-corrected chi connectivity index (χ4v) is 5.08. The lowest BCUT2D eigenvalue weighted by Gasteiger charge is -2.31. The molecule has 3 heterocycles. The first-order valence-electron chi connectivity index (χ1n) is 10.2. The summed E-state index contributed by atoms with van der Waals surface area (Å²) in [6.07, 6.45) is 0. The second kappa shape index (κ2) is 8.20. The number of benzene rings is 1. The molecule has 1 aromatic heterocycles. The molecule has 8 heteroatoms. The van der Waals surface area contributed by atoms with E-state index in [0.717, 1.165) is 53.6 Å². The standard InChI is InChI=1S/C21H27N5O2S/c1-4-24-7-9-25(10-8-24)21(28)20(27)22-19-16-12-29-13-17(16)23-26(19)18-6-5-14(2)11-15(18)3/h5-6,11H,4,7-10,12-13H2,1-3H3,(H,22,27)/p+1. The summed E-state index contributed by atoms with van der Waals surface area (Å²) in [5, 5.41) is 7.65. The number of hydrogen-bond acceptors (Lipinski definition) is 4. The molecule has 0 bridgehead atoms. The van der Waals surface area contributed by atoms with E-state index in [1.165, 1.54) is 10.5 Å². The molecule has 0 atom stereocenters.